The first-order valence-corrected chi connectivity index (χ1v) is 6.37. The lowest BCUT2D eigenvalue weighted by Crippen LogP contribution is -2.39. The van der Waals surface area contributed by atoms with Gasteiger partial charge in [0.2, 0.25) is 0 Å². The zero-order valence-electron chi connectivity index (χ0n) is 11.2. The molecule has 0 unspecified atom stereocenters. The number of hydrogen-bond donors (Lipinski definition) is 2. The fourth-order valence-electron chi connectivity index (χ4n) is 1.95. The molecule has 2 aromatic heterocycles. The van der Waals surface area contributed by atoms with Crippen LogP contribution in [0.4, 0.5) is 5.82 Å². The van der Waals surface area contributed by atoms with Crippen LogP contribution >= 0.6 is 0 Å². The fourth-order valence-corrected chi connectivity index (χ4v) is 1.95. The molecule has 106 valence electrons. The Balaban J connectivity index is 2.40. The van der Waals surface area contributed by atoms with Crippen molar-refractivity contribution in [3.8, 4) is 0 Å². The first-order valence-electron chi connectivity index (χ1n) is 6.37. The lowest BCUT2D eigenvalue weighted by molar-refractivity contribution is 0.570. The van der Waals surface area contributed by atoms with E-state index in [2.05, 4.69) is 10.4 Å². The predicted molar refractivity (Wildman–Crippen MR) is 76.4 cm³/mol. The minimum absolute atomic E-state index is 0.194. The van der Waals surface area contributed by atoms with Crippen molar-refractivity contribution in [1.82, 2.24) is 14.1 Å². The molecule has 0 amide bonds. The van der Waals surface area contributed by atoms with E-state index in [1.807, 2.05) is 6.92 Å². The molecule has 0 atom stereocenters. The van der Waals surface area contributed by atoms with Crippen LogP contribution in [0, 0.1) is 0 Å². The molecule has 0 radical (unpaired) electrons. The van der Waals surface area contributed by atoms with Crippen molar-refractivity contribution in [2.45, 2.75) is 26.4 Å². The lowest BCUT2D eigenvalue weighted by Gasteiger charge is -2.09. The molecule has 0 aliphatic carbocycles. The standard InChI is InChI=1S/C13H17N5O2/c1-2-6-17-7-4-12(19)18(13(17)20)9-10-3-5-15-11(8-10)16-14/h3-5,7-8H,2,6,9,14H2,1H3,(H,15,16). The Morgan fingerprint density at radius 3 is 2.85 bits per heavy atom. The molecular weight excluding hydrogens is 258 g/mol. The van der Waals surface area contributed by atoms with Gasteiger partial charge in [0.15, 0.2) is 0 Å². The van der Waals surface area contributed by atoms with Gasteiger partial charge in [-0.05, 0) is 24.1 Å². The van der Waals surface area contributed by atoms with Crippen LogP contribution in [0.1, 0.15) is 18.9 Å². The zero-order valence-corrected chi connectivity index (χ0v) is 11.2. The van der Waals surface area contributed by atoms with Gasteiger partial charge in [-0.2, -0.15) is 0 Å². The highest BCUT2D eigenvalue weighted by molar-refractivity contribution is 5.35. The summed E-state index contributed by atoms with van der Waals surface area (Å²) in [6.07, 6.45) is 3.93. The summed E-state index contributed by atoms with van der Waals surface area (Å²) in [5, 5.41) is 0. The van der Waals surface area contributed by atoms with Crippen LogP contribution in [-0.4, -0.2) is 14.1 Å². The smallest absolute Gasteiger partial charge is 0.308 e. The molecule has 7 nitrogen and oxygen atoms in total. The average molecular weight is 275 g/mol. The average Bonchev–Trinajstić information content (AvgIpc) is 2.47. The van der Waals surface area contributed by atoms with Crippen molar-refractivity contribution < 1.29 is 0 Å². The molecule has 0 spiro atoms. The van der Waals surface area contributed by atoms with Gasteiger partial charge in [0.25, 0.3) is 5.56 Å². The number of nitrogens with two attached hydrogens (primary N) is 1. The molecule has 0 aliphatic rings. The topological polar surface area (TPSA) is 94.9 Å². The Morgan fingerprint density at radius 2 is 2.15 bits per heavy atom. The number of nitrogens with zero attached hydrogens (tertiary/aromatic N) is 3. The van der Waals surface area contributed by atoms with Crippen LogP contribution in [0.5, 0.6) is 0 Å². The quantitative estimate of drug-likeness (QED) is 0.598. The summed E-state index contributed by atoms with van der Waals surface area (Å²) < 4.78 is 2.73. The number of nitrogen functional groups attached to an aromatic ring is 1. The fraction of sp³-hybridized carbons (Fsp3) is 0.308. The Bertz CT molecular complexity index is 704. The van der Waals surface area contributed by atoms with Crippen LogP contribution < -0.4 is 22.5 Å². The van der Waals surface area contributed by atoms with E-state index in [9.17, 15) is 9.59 Å². The number of pyridine rings is 1. The van der Waals surface area contributed by atoms with Crippen LogP contribution in [0.2, 0.25) is 0 Å². The van der Waals surface area contributed by atoms with Crippen LogP contribution in [0.15, 0.2) is 40.2 Å². The molecule has 0 saturated heterocycles. The molecular formula is C13H17N5O2. The first-order chi connectivity index (χ1) is 9.65. The maximum atomic E-state index is 12.2. The van der Waals surface area contributed by atoms with E-state index >= 15 is 0 Å². The van der Waals surface area contributed by atoms with Gasteiger partial charge in [-0.15, -0.1) is 0 Å². The van der Waals surface area contributed by atoms with Gasteiger partial charge in [0.05, 0.1) is 6.54 Å². The summed E-state index contributed by atoms with van der Waals surface area (Å²) in [5.41, 5.74) is 2.59. The maximum absolute atomic E-state index is 12.2. The molecule has 2 heterocycles. The molecule has 0 aliphatic heterocycles. The normalized spacial score (nSPS) is 10.5. The Labute approximate surface area is 115 Å². The minimum atomic E-state index is -0.318. The van der Waals surface area contributed by atoms with Gasteiger partial charge in [0.1, 0.15) is 5.82 Å². The van der Waals surface area contributed by atoms with Crippen molar-refractivity contribution in [3.05, 3.63) is 57.0 Å². The molecule has 2 rings (SSSR count). The Kier molecular flexibility index (Phi) is 4.31. The third-order valence-corrected chi connectivity index (χ3v) is 2.92. The van der Waals surface area contributed by atoms with Crippen molar-refractivity contribution in [1.29, 1.82) is 0 Å². The summed E-state index contributed by atoms with van der Waals surface area (Å²) in [4.78, 5) is 28.0. The minimum Gasteiger partial charge on any atom is -0.308 e. The molecule has 20 heavy (non-hydrogen) atoms. The molecule has 0 aromatic carbocycles. The maximum Gasteiger partial charge on any atom is 0.331 e. The number of hydrogen-bond acceptors (Lipinski definition) is 5. The first kappa shape index (κ1) is 14.0. The monoisotopic (exact) mass is 275 g/mol. The largest absolute Gasteiger partial charge is 0.331 e. The lowest BCUT2D eigenvalue weighted by atomic mass is 10.2. The second-order valence-corrected chi connectivity index (χ2v) is 4.41. The third-order valence-electron chi connectivity index (χ3n) is 2.92. The van der Waals surface area contributed by atoms with Crippen molar-refractivity contribution in [2.24, 2.45) is 5.84 Å². The second kappa shape index (κ2) is 6.16. The van der Waals surface area contributed by atoms with E-state index in [-0.39, 0.29) is 17.8 Å². The number of aryl methyl sites for hydroxylation is 1. The molecule has 0 saturated carbocycles. The van der Waals surface area contributed by atoms with Crippen LogP contribution in [-0.2, 0) is 13.1 Å². The molecule has 0 bridgehead atoms. The second-order valence-electron chi connectivity index (χ2n) is 4.41. The van der Waals surface area contributed by atoms with E-state index in [4.69, 9.17) is 5.84 Å². The number of hydrazine groups is 1. The number of rotatable bonds is 5. The van der Waals surface area contributed by atoms with Gasteiger partial charge >= 0.3 is 5.69 Å². The Hall–Kier alpha value is -2.41. The van der Waals surface area contributed by atoms with Crippen LogP contribution in [0.25, 0.3) is 0 Å². The van der Waals surface area contributed by atoms with Gasteiger partial charge in [-0.3, -0.25) is 9.36 Å². The molecule has 7 heteroatoms. The van der Waals surface area contributed by atoms with E-state index in [1.54, 1.807) is 18.3 Å². The van der Waals surface area contributed by atoms with E-state index in [0.29, 0.717) is 12.4 Å². The van der Waals surface area contributed by atoms with E-state index in [0.717, 1.165) is 12.0 Å². The summed E-state index contributed by atoms with van der Waals surface area (Å²) >= 11 is 0. The highest BCUT2D eigenvalue weighted by Crippen LogP contribution is 2.05. The van der Waals surface area contributed by atoms with E-state index < -0.39 is 0 Å². The van der Waals surface area contributed by atoms with Crippen molar-refractivity contribution >= 4 is 5.82 Å². The summed E-state index contributed by atoms with van der Waals surface area (Å²) in [6.45, 7) is 2.76. The molecule has 3 N–H and O–H groups in total. The Morgan fingerprint density at radius 1 is 1.35 bits per heavy atom. The zero-order chi connectivity index (χ0) is 14.5. The van der Waals surface area contributed by atoms with Gasteiger partial charge in [-0.1, -0.05) is 6.92 Å². The van der Waals surface area contributed by atoms with Crippen molar-refractivity contribution in [3.63, 3.8) is 0 Å². The van der Waals surface area contributed by atoms with Gasteiger partial charge < -0.3 is 9.99 Å². The molecule has 0 fully saturated rings. The number of nitrogens with one attached hydrogen (secondary N) is 1. The van der Waals surface area contributed by atoms with E-state index in [1.165, 1.54) is 21.4 Å². The molecule has 2 aromatic rings. The summed E-state index contributed by atoms with van der Waals surface area (Å²) in [7, 11) is 0. The van der Waals surface area contributed by atoms with Crippen molar-refractivity contribution in [2.75, 3.05) is 5.43 Å². The number of anilines is 1. The summed E-state index contributed by atoms with van der Waals surface area (Å²) in [6, 6.07) is 4.84. The third kappa shape index (κ3) is 2.94. The summed E-state index contributed by atoms with van der Waals surface area (Å²) in [5.74, 6) is 5.78. The SMILES string of the molecule is CCCn1ccc(=O)n(Cc2ccnc(NN)c2)c1=O. The van der Waals surface area contributed by atoms with Gasteiger partial charge in [-0.25, -0.2) is 15.6 Å². The van der Waals surface area contributed by atoms with Crippen LogP contribution in [0.3, 0.4) is 0 Å². The predicted octanol–water partition coefficient (Wildman–Crippen LogP) is 0.149. The number of aromatic nitrogens is 3. The highest BCUT2D eigenvalue weighted by atomic mass is 16.2. The van der Waals surface area contributed by atoms with Gasteiger partial charge in [0, 0.05) is 25.0 Å². The highest BCUT2D eigenvalue weighted by Gasteiger charge is 2.06.